The third-order valence-corrected chi connectivity index (χ3v) is 3.43. The number of halogens is 1. The van der Waals surface area contributed by atoms with Crippen molar-refractivity contribution in [2.24, 2.45) is 0 Å². The Morgan fingerprint density at radius 3 is 2.32 bits per heavy atom. The van der Waals surface area contributed by atoms with Crippen LogP contribution in [0, 0.1) is 0 Å². The van der Waals surface area contributed by atoms with Crippen LogP contribution < -0.4 is 10.6 Å². The molecule has 2 N–H and O–H groups in total. The normalized spacial score (nSPS) is 10.1. The Balaban J connectivity index is 2.10. The van der Waals surface area contributed by atoms with E-state index in [4.69, 9.17) is 11.6 Å². The van der Waals surface area contributed by atoms with E-state index in [2.05, 4.69) is 10.6 Å². The van der Waals surface area contributed by atoms with Gasteiger partial charge in [-0.15, -0.1) is 0 Å². The number of benzene rings is 2. The second-order valence-electron chi connectivity index (χ2n) is 4.80. The molecule has 2 aromatic rings. The van der Waals surface area contributed by atoms with Gasteiger partial charge < -0.3 is 10.6 Å². The summed E-state index contributed by atoms with van der Waals surface area (Å²) in [5, 5.41) is 5.75. The lowest BCUT2D eigenvalue weighted by Gasteiger charge is -2.09. The van der Waals surface area contributed by atoms with Crippen molar-refractivity contribution in [1.82, 2.24) is 10.6 Å². The fraction of sp³-hybridized carbons (Fsp3) is 0.176. The minimum Gasteiger partial charge on any atom is -0.355 e. The van der Waals surface area contributed by atoms with Crippen LogP contribution >= 0.6 is 11.6 Å². The summed E-state index contributed by atoms with van der Waals surface area (Å²) in [6, 6.07) is 15.1. The summed E-state index contributed by atoms with van der Waals surface area (Å²) in [5.41, 5.74) is 2.37. The first-order chi connectivity index (χ1) is 10.6. The van der Waals surface area contributed by atoms with E-state index in [9.17, 15) is 9.59 Å². The third kappa shape index (κ3) is 4.33. The van der Waals surface area contributed by atoms with Crippen molar-refractivity contribution in [2.75, 3.05) is 13.1 Å². The number of carbonyl (C=O) groups is 2. The zero-order chi connectivity index (χ0) is 15.9. The van der Waals surface area contributed by atoms with Crippen molar-refractivity contribution in [2.45, 2.75) is 6.92 Å². The van der Waals surface area contributed by atoms with Gasteiger partial charge in [-0.2, -0.15) is 0 Å². The quantitative estimate of drug-likeness (QED) is 0.833. The SMILES string of the molecule is CC(=O)NCCNC(=O)c1cc(-c2ccccc2)ccc1Cl. The van der Waals surface area contributed by atoms with Gasteiger partial charge in [-0.25, -0.2) is 0 Å². The van der Waals surface area contributed by atoms with Crippen LogP contribution in [-0.4, -0.2) is 24.9 Å². The van der Waals surface area contributed by atoms with Crippen molar-refractivity contribution >= 4 is 23.4 Å². The van der Waals surface area contributed by atoms with Crippen LogP contribution in [0.4, 0.5) is 0 Å². The van der Waals surface area contributed by atoms with Gasteiger partial charge in [0.2, 0.25) is 5.91 Å². The van der Waals surface area contributed by atoms with Gasteiger partial charge in [0.1, 0.15) is 0 Å². The molecule has 2 amide bonds. The van der Waals surface area contributed by atoms with Crippen molar-refractivity contribution in [1.29, 1.82) is 0 Å². The van der Waals surface area contributed by atoms with Crippen LogP contribution in [0.25, 0.3) is 11.1 Å². The largest absolute Gasteiger partial charge is 0.355 e. The van der Waals surface area contributed by atoms with Crippen LogP contribution in [0.15, 0.2) is 48.5 Å². The number of rotatable bonds is 5. The fourth-order valence-corrected chi connectivity index (χ4v) is 2.22. The van der Waals surface area contributed by atoms with Crippen molar-refractivity contribution in [3.63, 3.8) is 0 Å². The van der Waals surface area contributed by atoms with E-state index >= 15 is 0 Å². The molecule has 0 atom stereocenters. The first-order valence-electron chi connectivity index (χ1n) is 6.95. The van der Waals surface area contributed by atoms with Crippen LogP contribution in [0.1, 0.15) is 17.3 Å². The maximum atomic E-state index is 12.2. The Bertz CT molecular complexity index is 672. The van der Waals surface area contributed by atoms with Gasteiger partial charge in [0, 0.05) is 20.0 Å². The van der Waals surface area contributed by atoms with Gasteiger partial charge in [-0.1, -0.05) is 48.0 Å². The molecule has 0 saturated carbocycles. The molecule has 0 bridgehead atoms. The second-order valence-corrected chi connectivity index (χ2v) is 5.21. The first kappa shape index (κ1) is 16.0. The molecule has 0 aromatic heterocycles. The minimum absolute atomic E-state index is 0.127. The molecule has 0 saturated heterocycles. The Hall–Kier alpha value is -2.33. The van der Waals surface area contributed by atoms with E-state index in [1.54, 1.807) is 12.1 Å². The van der Waals surface area contributed by atoms with Crippen LogP contribution in [-0.2, 0) is 4.79 Å². The number of nitrogens with one attached hydrogen (secondary N) is 2. The Morgan fingerprint density at radius 2 is 1.64 bits per heavy atom. The maximum Gasteiger partial charge on any atom is 0.252 e. The molecule has 0 heterocycles. The van der Waals surface area contributed by atoms with E-state index in [0.717, 1.165) is 11.1 Å². The molecule has 0 aliphatic heterocycles. The van der Waals surface area contributed by atoms with Crippen LogP contribution in [0.2, 0.25) is 5.02 Å². The van der Waals surface area contributed by atoms with Gasteiger partial charge in [0.15, 0.2) is 0 Å². The Labute approximate surface area is 134 Å². The Kier molecular flexibility index (Phi) is 5.55. The van der Waals surface area contributed by atoms with Gasteiger partial charge in [0.05, 0.1) is 10.6 Å². The molecule has 0 radical (unpaired) electrons. The molecular formula is C17H17ClN2O2. The molecule has 0 unspecified atom stereocenters. The monoisotopic (exact) mass is 316 g/mol. The van der Waals surface area contributed by atoms with Crippen molar-refractivity contribution in [3.8, 4) is 11.1 Å². The summed E-state index contributed by atoms with van der Waals surface area (Å²) in [6.07, 6.45) is 0. The number of hydrogen-bond acceptors (Lipinski definition) is 2. The molecule has 0 spiro atoms. The highest BCUT2D eigenvalue weighted by atomic mass is 35.5. The second kappa shape index (κ2) is 7.61. The average molecular weight is 317 g/mol. The highest BCUT2D eigenvalue weighted by molar-refractivity contribution is 6.34. The number of hydrogen-bond donors (Lipinski definition) is 2. The maximum absolute atomic E-state index is 12.2. The number of carbonyl (C=O) groups excluding carboxylic acids is 2. The summed E-state index contributed by atoms with van der Waals surface area (Å²) in [5.74, 6) is -0.383. The van der Waals surface area contributed by atoms with Crippen LogP contribution in [0.3, 0.4) is 0 Å². The molecule has 0 aliphatic rings. The van der Waals surface area contributed by atoms with E-state index < -0.39 is 0 Å². The molecule has 114 valence electrons. The Morgan fingerprint density at radius 1 is 0.955 bits per heavy atom. The van der Waals surface area contributed by atoms with E-state index in [1.165, 1.54) is 6.92 Å². The predicted octanol–water partition coefficient (Wildman–Crippen LogP) is 2.87. The van der Waals surface area contributed by atoms with Gasteiger partial charge in [0.25, 0.3) is 5.91 Å². The summed E-state index contributed by atoms with van der Waals surface area (Å²) in [4.78, 5) is 23.0. The first-order valence-corrected chi connectivity index (χ1v) is 7.33. The average Bonchev–Trinajstić information content (AvgIpc) is 2.52. The van der Waals surface area contributed by atoms with Crippen molar-refractivity contribution in [3.05, 3.63) is 59.1 Å². The number of amides is 2. The van der Waals surface area contributed by atoms with E-state index in [1.807, 2.05) is 36.4 Å². The molecule has 4 nitrogen and oxygen atoms in total. The fourth-order valence-electron chi connectivity index (χ4n) is 2.02. The molecule has 5 heteroatoms. The van der Waals surface area contributed by atoms with Gasteiger partial charge >= 0.3 is 0 Å². The summed E-state index contributed by atoms with van der Waals surface area (Å²) in [6.45, 7) is 2.17. The van der Waals surface area contributed by atoms with E-state index in [-0.39, 0.29) is 11.8 Å². The summed E-state index contributed by atoms with van der Waals surface area (Å²) >= 11 is 6.11. The minimum atomic E-state index is -0.256. The molecule has 22 heavy (non-hydrogen) atoms. The highest BCUT2D eigenvalue weighted by Gasteiger charge is 2.11. The lowest BCUT2D eigenvalue weighted by Crippen LogP contribution is -2.33. The standard InChI is InChI=1S/C17H17ClN2O2/c1-12(21)19-9-10-20-17(22)15-11-14(7-8-16(15)18)13-5-3-2-4-6-13/h2-8,11H,9-10H2,1H3,(H,19,21)(H,20,22). The molecule has 0 aliphatic carbocycles. The molecule has 2 rings (SSSR count). The third-order valence-electron chi connectivity index (χ3n) is 3.10. The smallest absolute Gasteiger partial charge is 0.252 e. The summed E-state index contributed by atoms with van der Waals surface area (Å²) in [7, 11) is 0. The van der Waals surface area contributed by atoms with Crippen molar-refractivity contribution < 1.29 is 9.59 Å². The lowest BCUT2D eigenvalue weighted by molar-refractivity contribution is -0.118. The zero-order valence-corrected chi connectivity index (χ0v) is 13.0. The molecule has 2 aromatic carbocycles. The summed E-state index contributed by atoms with van der Waals surface area (Å²) < 4.78 is 0. The predicted molar refractivity (Wildman–Crippen MR) is 87.9 cm³/mol. The van der Waals surface area contributed by atoms with Crippen LogP contribution in [0.5, 0.6) is 0 Å². The van der Waals surface area contributed by atoms with Gasteiger partial charge in [-0.3, -0.25) is 9.59 Å². The topological polar surface area (TPSA) is 58.2 Å². The van der Waals surface area contributed by atoms with Gasteiger partial charge in [-0.05, 0) is 23.3 Å². The lowest BCUT2D eigenvalue weighted by atomic mass is 10.0. The highest BCUT2D eigenvalue weighted by Crippen LogP contribution is 2.25. The zero-order valence-electron chi connectivity index (χ0n) is 12.2. The molecular weight excluding hydrogens is 300 g/mol. The molecule has 0 fully saturated rings. The van der Waals surface area contributed by atoms with E-state index in [0.29, 0.717) is 23.7 Å².